The Morgan fingerprint density at radius 3 is 2.71 bits per heavy atom. The van der Waals surface area contributed by atoms with Crippen LogP contribution in [0.4, 0.5) is 5.82 Å². The lowest BCUT2D eigenvalue weighted by Crippen LogP contribution is -2.36. The Morgan fingerprint density at radius 1 is 1.41 bits per heavy atom. The Labute approximate surface area is 98.4 Å². The molecule has 1 aliphatic heterocycles. The first-order chi connectivity index (χ1) is 7.96. The van der Waals surface area contributed by atoms with Gasteiger partial charge >= 0.3 is 0 Å². The third-order valence-electron chi connectivity index (χ3n) is 2.47. The highest BCUT2D eigenvalue weighted by Crippen LogP contribution is 2.11. The van der Waals surface area contributed by atoms with Crippen LogP contribution in [0.15, 0.2) is 12.4 Å². The molecule has 0 saturated carbocycles. The smallest absolute Gasteiger partial charge is 0.271 e. The Balaban J connectivity index is 2.01. The molecule has 0 radical (unpaired) electrons. The van der Waals surface area contributed by atoms with Crippen LogP contribution in [0.5, 0.6) is 0 Å². The molecule has 0 aromatic carbocycles. The van der Waals surface area contributed by atoms with Crippen LogP contribution in [0.1, 0.15) is 16.9 Å². The fourth-order valence-corrected chi connectivity index (χ4v) is 3.30. The van der Waals surface area contributed by atoms with Crippen molar-refractivity contribution in [2.24, 2.45) is 0 Å². The minimum Gasteiger partial charge on any atom is -0.382 e. The molecule has 0 bridgehead atoms. The first-order valence-corrected chi connectivity index (χ1v) is 6.87. The van der Waals surface area contributed by atoms with Crippen LogP contribution in [0.2, 0.25) is 0 Å². The Hall–Kier alpha value is -1.70. The molecule has 7 nitrogen and oxygen atoms in total. The first-order valence-electron chi connectivity index (χ1n) is 5.05. The summed E-state index contributed by atoms with van der Waals surface area (Å²) in [7, 11) is -3.00. The predicted molar refractivity (Wildman–Crippen MR) is 61.0 cm³/mol. The molecule has 1 saturated heterocycles. The second kappa shape index (κ2) is 4.28. The molecular weight excluding hydrogens is 244 g/mol. The first kappa shape index (κ1) is 11.8. The topological polar surface area (TPSA) is 115 Å². The van der Waals surface area contributed by atoms with Crippen molar-refractivity contribution in [3.05, 3.63) is 18.1 Å². The van der Waals surface area contributed by atoms with E-state index >= 15 is 0 Å². The number of hydrogen-bond donors (Lipinski definition) is 2. The van der Waals surface area contributed by atoms with Gasteiger partial charge in [0.15, 0.2) is 9.84 Å². The number of nitrogens with one attached hydrogen (secondary N) is 1. The molecule has 1 fully saturated rings. The van der Waals surface area contributed by atoms with Gasteiger partial charge in [0.2, 0.25) is 0 Å². The van der Waals surface area contributed by atoms with E-state index in [1.165, 1.54) is 12.4 Å². The average molecular weight is 256 g/mol. The maximum absolute atomic E-state index is 11.7. The Bertz CT molecular complexity index is 526. The number of nitrogens with two attached hydrogens (primary N) is 1. The number of amides is 1. The zero-order chi connectivity index (χ0) is 12.5. The summed E-state index contributed by atoms with van der Waals surface area (Å²) in [5.74, 6) is -0.100. The van der Waals surface area contributed by atoms with Gasteiger partial charge in [0.05, 0.1) is 23.9 Å². The third-order valence-corrected chi connectivity index (χ3v) is 4.24. The van der Waals surface area contributed by atoms with E-state index in [1.807, 2.05) is 0 Å². The van der Waals surface area contributed by atoms with Gasteiger partial charge in [-0.05, 0) is 6.42 Å². The number of hydrogen-bond acceptors (Lipinski definition) is 6. The summed E-state index contributed by atoms with van der Waals surface area (Å²) < 4.78 is 22.4. The molecule has 1 aliphatic rings. The maximum Gasteiger partial charge on any atom is 0.271 e. The molecule has 0 spiro atoms. The lowest BCUT2D eigenvalue weighted by atomic mass is 10.2. The zero-order valence-electron chi connectivity index (χ0n) is 8.96. The van der Waals surface area contributed by atoms with Crippen molar-refractivity contribution in [3.63, 3.8) is 0 Å². The number of carbonyl (C=O) groups is 1. The number of aromatic nitrogens is 2. The standard InChI is InChI=1S/C9H12N4O3S/c10-8-4-11-7(3-12-8)9(14)13-6-1-2-17(15,16)5-6/h3-4,6H,1-2,5H2,(H2,10,12)(H,13,14). The van der Waals surface area contributed by atoms with E-state index in [9.17, 15) is 13.2 Å². The van der Waals surface area contributed by atoms with Crippen LogP contribution in [0.3, 0.4) is 0 Å². The second-order valence-corrected chi connectivity index (χ2v) is 6.13. The molecule has 2 rings (SSSR count). The van der Waals surface area contributed by atoms with Gasteiger partial charge in [-0.2, -0.15) is 0 Å². The second-order valence-electron chi connectivity index (χ2n) is 3.90. The molecule has 1 aromatic heterocycles. The van der Waals surface area contributed by atoms with Gasteiger partial charge < -0.3 is 11.1 Å². The lowest BCUT2D eigenvalue weighted by molar-refractivity contribution is 0.0936. The van der Waals surface area contributed by atoms with Crippen molar-refractivity contribution in [1.29, 1.82) is 0 Å². The van der Waals surface area contributed by atoms with Crippen LogP contribution in [-0.2, 0) is 9.84 Å². The lowest BCUT2D eigenvalue weighted by Gasteiger charge is -2.09. The van der Waals surface area contributed by atoms with E-state index in [-0.39, 0.29) is 29.1 Å². The van der Waals surface area contributed by atoms with Gasteiger partial charge in [0, 0.05) is 6.04 Å². The van der Waals surface area contributed by atoms with Crippen LogP contribution in [0, 0.1) is 0 Å². The Morgan fingerprint density at radius 2 is 2.18 bits per heavy atom. The number of nitrogen functional groups attached to an aromatic ring is 1. The minimum atomic E-state index is -3.00. The third kappa shape index (κ3) is 2.90. The van der Waals surface area contributed by atoms with Crippen molar-refractivity contribution in [3.8, 4) is 0 Å². The van der Waals surface area contributed by atoms with Gasteiger partial charge in [0.25, 0.3) is 5.91 Å². The summed E-state index contributed by atoms with van der Waals surface area (Å²) in [5.41, 5.74) is 5.47. The van der Waals surface area contributed by atoms with Crippen LogP contribution >= 0.6 is 0 Å². The van der Waals surface area contributed by atoms with Gasteiger partial charge in [-0.15, -0.1) is 0 Å². The van der Waals surface area contributed by atoms with E-state index < -0.39 is 15.7 Å². The quantitative estimate of drug-likeness (QED) is 0.699. The highest BCUT2D eigenvalue weighted by atomic mass is 32.2. The van der Waals surface area contributed by atoms with Gasteiger partial charge in [0.1, 0.15) is 11.5 Å². The molecular formula is C9H12N4O3S. The molecule has 2 heterocycles. The van der Waals surface area contributed by atoms with Crippen molar-refractivity contribution in [2.75, 3.05) is 17.2 Å². The molecule has 92 valence electrons. The normalized spacial score (nSPS) is 22.2. The summed E-state index contributed by atoms with van der Waals surface area (Å²) in [4.78, 5) is 19.2. The van der Waals surface area contributed by atoms with Gasteiger partial charge in [-0.1, -0.05) is 0 Å². The van der Waals surface area contributed by atoms with E-state index in [2.05, 4.69) is 15.3 Å². The SMILES string of the molecule is Nc1cnc(C(=O)NC2CCS(=O)(=O)C2)cn1. The highest BCUT2D eigenvalue weighted by molar-refractivity contribution is 7.91. The van der Waals surface area contributed by atoms with Crippen LogP contribution in [0.25, 0.3) is 0 Å². The van der Waals surface area contributed by atoms with Crippen molar-refractivity contribution in [1.82, 2.24) is 15.3 Å². The van der Waals surface area contributed by atoms with E-state index in [1.54, 1.807) is 0 Å². The molecule has 1 amide bonds. The van der Waals surface area contributed by atoms with Crippen LogP contribution < -0.4 is 11.1 Å². The van der Waals surface area contributed by atoms with Gasteiger partial charge in [-0.25, -0.2) is 18.4 Å². The summed E-state index contributed by atoms with van der Waals surface area (Å²) >= 11 is 0. The highest BCUT2D eigenvalue weighted by Gasteiger charge is 2.29. The number of sulfone groups is 1. The summed E-state index contributed by atoms with van der Waals surface area (Å²) in [6.07, 6.45) is 2.98. The molecule has 1 unspecified atom stereocenters. The largest absolute Gasteiger partial charge is 0.382 e. The monoisotopic (exact) mass is 256 g/mol. The van der Waals surface area contributed by atoms with Crippen LogP contribution in [-0.4, -0.2) is 41.8 Å². The molecule has 1 atom stereocenters. The van der Waals surface area contributed by atoms with E-state index in [4.69, 9.17) is 5.73 Å². The number of nitrogens with zero attached hydrogens (tertiary/aromatic N) is 2. The van der Waals surface area contributed by atoms with Crippen molar-refractivity contribution >= 4 is 21.6 Å². The maximum atomic E-state index is 11.7. The molecule has 3 N–H and O–H groups in total. The molecule has 17 heavy (non-hydrogen) atoms. The zero-order valence-corrected chi connectivity index (χ0v) is 9.77. The molecule has 1 aromatic rings. The summed E-state index contributed by atoms with van der Waals surface area (Å²) in [5, 5.41) is 2.61. The average Bonchev–Trinajstić information content (AvgIpc) is 2.59. The Kier molecular flexibility index (Phi) is 2.97. The summed E-state index contributed by atoms with van der Waals surface area (Å²) in [6, 6.07) is -0.341. The fraction of sp³-hybridized carbons (Fsp3) is 0.444. The number of carbonyl (C=O) groups excluding carboxylic acids is 1. The van der Waals surface area contributed by atoms with E-state index in [0.29, 0.717) is 6.42 Å². The van der Waals surface area contributed by atoms with E-state index in [0.717, 1.165) is 0 Å². The van der Waals surface area contributed by atoms with Gasteiger partial charge in [-0.3, -0.25) is 4.79 Å². The van der Waals surface area contributed by atoms with Crippen molar-refractivity contribution < 1.29 is 13.2 Å². The minimum absolute atomic E-state index is 0.0128. The van der Waals surface area contributed by atoms with Crippen molar-refractivity contribution in [2.45, 2.75) is 12.5 Å². The fourth-order valence-electron chi connectivity index (χ4n) is 1.62. The number of rotatable bonds is 2. The summed E-state index contributed by atoms with van der Waals surface area (Å²) in [6.45, 7) is 0. The molecule has 8 heteroatoms. The molecule has 0 aliphatic carbocycles. The predicted octanol–water partition coefficient (Wildman–Crippen LogP) is -1.02. The number of anilines is 1.